The topological polar surface area (TPSA) is 49.4 Å². The molecule has 3 rings (SSSR count). The maximum Gasteiger partial charge on any atom is 0.253 e. The molecule has 2 fully saturated rings. The van der Waals surface area contributed by atoms with Crippen LogP contribution in [0.2, 0.25) is 0 Å². The van der Waals surface area contributed by atoms with E-state index in [4.69, 9.17) is 0 Å². The third kappa shape index (κ3) is 2.74. The van der Waals surface area contributed by atoms with E-state index in [0.717, 1.165) is 55.5 Å². The number of nitrogens with zero attached hydrogens (tertiary/aromatic N) is 1. The van der Waals surface area contributed by atoms with Gasteiger partial charge >= 0.3 is 0 Å². The van der Waals surface area contributed by atoms with Crippen LogP contribution in [0.3, 0.4) is 0 Å². The number of hydrogen-bond donors (Lipinski definition) is 1. The van der Waals surface area contributed by atoms with Gasteiger partial charge in [0.1, 0.15) is 0 Å². The molecule has 4 heteroatoms. The Kier molecular flexibility index (Phi) is 3.94. The quantitative estimate of drug-likeness (QED) is 0.866. The lowest BCUT2D eigenvalue weighted by molar-refractivity contribution is -0.128. The lowest BCUT2D eigenvalue weighted by Crippen LogP contribution is -2.35. The van der Waals surface area contributed by atoms with Crippen molar-refractivity contribution >= 4 is 11.8 Å². The summed E-state index contributed by atoms with van der Waals surface area (Å²) < 4.78 is 0. The average molecular weight is 300 g/mol. The van der Waals surface area contributed by atoms with Gasteiger partial charge in [-0.15, -0.1) is 0 Å². The highest BCUT2D eigenvalue weighted by Crippen LogP contribution is 2.38. The van der Waals surface area contributed by atoms with Gasteiger partial charge in [-0.3, -0.25) is 9.59 Å². The summed E-state index contributed by atoms with van der Waals surface area (Å²) in [4.78, 5) is 26.8. The number of carbonyl (C=O) groups excluding carboxylic acids is 2. The highest BCUT2D eigenvalue weighted by atomic mass is 16.2. The summed E-state index contributed by atoms with van der Waals surface area (Å²) in [5, 5.41) is 2.96. The van der Waals surface area contributed by atoms with E-state index in [9.17, 15) is 9.59 Å². The summed E-state index contributed by atoms with van der Waals surface area (Å²) >= 11 is 0. The number of nitrogens with one attached hydrogen (secondary N) is 1. The number of likely N-dealkylation sites (tertiary alicyclic amines) is 1. The standard InChI is InChI=1S/C18H24N2O2/c1-13-10-14(2)12-15(11-13)16(21)20-8-3-4-18(6-9-20)5-7-19-17(18)22/h10-12H,3-9H2,1-2H3,(H,19,22). The normalized spacial score (nSPS) is 25.2. The zero-order valence-electron chi connectivity index (χ0n) is 13.4. The van der Waals surface area contributed by atoms with Gasteiger partial charge in [-0.25, -0.2) is 0 Å². The third-order valence-electron chi connectivity index (χ3n) is 5.07. The van der Waals surface area contributed by atoms with E-state index in [2.05, 4.69) is 11.4 Å². The predicted molar refractivity (Wildman–Crippen MR) is 85.7 cm³/mol. The molecule has 22 heavy (non-hydrogen) atoms. The van der Waals surface area contributed by atoms with Crippen molar-refractivity contribution in [3.63, 3.8) is 0 Å². The fraction of sp³-hybridized carbons (Fsp3) is 0.556. The van der Waals surface area contributed by atoms with Crippen molar-refractivity contribution in [2.24, 2.45) is 5.41 Å². The van der Waals surface area contributed by atoms with Crippen LogP contribution in [0.1, 0.15) is 47.2 Å². The van der Waals surface area contributed by atoms with E-state index in [1.165, 1.54) is 0 Å². The van der Waals surface area contributed by atoms with Crippen LogP contribution in [0.4, 0.5) is 0 Å². The molecule has 0 bridgehead atoms. The molecule has 0 saturated carbocycles. The minimum absolute atomic E-state index is 0.0993. The number of amides is 2. The molecular weight excluding hydrogens is 276 g/mol. The van der Waals surface area contributed by atoms with Gasteiger partial charge in [0.15, 0.2) is 0 Å². The zero-order chi connectivity index (χ0) is 15.7. The van der Waals surface area contributed by atoms with E-state index >= 15 is 0 Å². The van der Waals surface area contributed by atoms with Gasteiger partial charge in [-0.2, -0.15) is 0 Å². The molecule has 1 N–H and O–H groups in total. The van der Waals surface area contributed by atoms with Crippen LogP contribution in [-0.2, 0) is 4.79 Å². The first-order chi connectivity index (χ1) is 10.5. The minimum atomic E-state index is -0.225. The fourth-order valence-corrected chi connectivity index (χ4v) is 3.87. The zero-order valence-corrected chi connectivity index (χ0v) is 13.4. The first kappa shape index (κ1) is 15.1. The van der Waals surface area contributed by atoms with Crippen LogP contribution >= 0.6 is 0 Å². The highest BCUT2D eigenvalue weighted by molar-refractivity contribution is 5.94. The van der Waals surface area contributed by atoms with Crippen molar-refractivity contribution in [2.75, 3.05) is 19.6 Å². The van der Waals surface area contributed by atoms with Crippen molar-refractivity contribution in [1.82, 2.24) is 10.2 Å². The van der Waals surface area contributed by atoms with Crippen molar-refractivity contribution in [3.05, 3.63) is 34.9 Å². The SMILES string of the molecule is Cc1cc(C)cc(C(=O)N2CCCC3(CCNC3=O)CC2)c1. The molecule has 1 spiro atoms. The van der Waals surface area contributed by atoms with Crippen molar-refractivity contribution in [2.45, 2.75) is 39.5 Å². The van der Waals surface area contributed by atoms with Crippen molar-refractivity contribution < 1.29 is 9.59 Å². The Morgan fingerprint density at radius 2 is 1.82 bits per heavy atom. The van der Waals surface area contributed by atoms with Crippen LogP contribution in [0.25, 0.3) is 0 Å². The lowest BCUT2D eigenvalue weighted by Gasteiger charge is -2.24. The molecule has 2 saturated heterocycles. The van der Waals surface area contributed by atoms with E-state index in [-0.39, 0.29) is 17.2 Å². The summed E-state index contributed by atoms with van der Waals surface area (Å²) in [5.74, 6) is 0.287. The number of hydrogen-bond acceptors (Lipinski definition) is 2. The molecule has 1 aromatic carbocycles. The van der Waals surface area contributed by atoms with E-state index in [0.29, 0.717) is 6.54 Å². The van der Waals surface area contributed by atoms with Crippen LogP contribution in [0, 0.1) is 19.3 Å². The number of rotatable bonds is 1. The minimum Gasteiger partial charge on any atom is -0.356 e. The van der Waals surface area contributed by atoms with Gasteiger partial charge in [-0.1, -0.05) is 17.2 Å². The maximum absolute atomic E-state index is 12.8. The smallest absolute Gasteiger partial charge is 0.253 e. The monoisotopic (exact) mass is 300 g/mol. The molecule has 4 nitrogen and oxygen atoms in total. The van der Waals surface area contributed by atoms with Gasteiger partial charge in [0.05, 0.1) is 5.41 Å². The Morgan fingerprint density at radius 3 is 2.45 bits per heavy atom. The first-order valence-corrected chi connectivity index (χ1v) is 8.16. The summed E-state index contributed by atoms with van der Waals surface area (Å²) in [6.45, 7) is 6.25. The molecule has 1 unspecified atom stereocenters. The number of benzene rings is 1. The van der Waals surface area contributed by atoms with Gasteiger partial charge in [0.25, 0.3) is 5.91 Å². The number of carbonyl (C=O) groups is 2. The molecule has 0 aromatic heterocycles. The molecule has 0 radical (unpaired) electrons. The highest BCUT2D eigenvalue weighted by Gasteiger charge is 2.43. The van der Waals surface area contributed by atoms with Gasteiger partial charge in [-0.05, 0) is 51.7 Å². The molecule has 2 aliphatic heterocycles. The van der Waals surface area contributed by atoms with Crippen LogP contribution in [0.15, 0.2) is 18.2 Å². The Bertz CT molecular complexity index is 591. The molecule has 2 amide bonds. The summed E-state index contributed by atoms with van der Waals surface area (Å²) in [6.07, 6.45) is 3.51. The van der Waals surface area contributed by atoms with Crippen molar-refractivity contribution in [1.29, 1.82) is 0 Å². The number of aryl methyl sites for hydroxylation is 2. The molecular formula is C18H24N2O2. The molecule has 118 valence electrons. The Morgan fingerprint density at radius 1 is 1.09 bits per heavy atom. The fourth-order valence-electron chi connectivity index (χ4n) is 3.87. The van der Waals surface area contributed by atoms with Crippen molar-refractivity contribution in [3.8, 4) is 0 Å². The molecule has 0 aliphatic carbocycles. The Hall–Kier alpha value is -1.84. The average Bonchev–Trinajstić information content (AvgIpc) is 2.70. The second-order valence-corrected chi connectivity index (χ2v) is 6.81. The molecule has 1 atom stereocenters. The predicted octanol–water partition coefficient (Wildman–Crippen LogP) is 2.44. The third-order valence-corrected chi connectivity index (χ3v) is 5.07. The van der Waals surface area contributed by atoms with Crippen LogP contribution < -0.4 is 5.32 Å². The second kappa shape index (κ2) is 5.75. The Balaban J connectivity index is 1.75. The van der Waals surface area contributed by atoms with E-state index in [1.54, 1.807) is 0 Å². The maximum atomic E-state index is 12.8. The van der Waals surface area contributed by atoms with Crippen LogP contribution in [0.5, 0.6) is 0 Å². The Labute approximate surface area is 131 Å². The van der Waals surface area contributed by atoms with Gasteiger partial charge in [0, 0.05) is 25.2 Å². The van der Waals surface area contributed by atoms with Gasteiger partial charge < -0.3 is 10.2 Å². The summed E-state index contributed by atoms with van der Waals surface area (Å²) in [6, 6.07) is 5.99. The second-order valence-electron chi connectivity index (χ2n) is 6.81. The lowest BCUT2D eigenvalue weighted by atomic mass is 9.79. The first-order valence-electron chi connectivity index (χ1n) is 8.16. The molecule has 1 aromatic rings. The molecule has 2 heterocycles. The van der Waals surface area contributed by atoms with Crippen LogP contribution in [-0.4, -0.2) is 36.3 Å². The largest absolute Gasteiger partial charge is 0.356 e. The van der Waals surface area contributed by atoms with E-state index in [1.807, 2.05) is 30.9 Å². The van der Waals surface area contributed by atoms with Gasteiger partial charge in [0.2, 0.25) is 5.91 Å². The summed E-state index contributed by atoms with van der Waals surface area (Å²) in [7, 11) is 0. The summed E-state index contributed by atoms with van der Waals surface area (Å²) in [5.41, 5.74) is 2.77. The molecule has 2 aliphatic rings. The van der Waals surface area contributed by atoms with E-state index < -0.39 is 0 Å².